The number of hydrogen-bond acceptors (Lipinski definition) is 4. The van der Waals surface area contributed by atoms with E-state index in [9.17, 15) is 8.42 Å². The van der Waals surface area contributed by atoms with Crippen molar-refractivity contribution in [2.45, 2.75) is 24.8 Å². The quantitative estimate of drug-likeness (QED) is 0.911. The van der Waals surface area contributed by atoms with Crippen molar-refractivity contribution in [2.24, 2.45) is 5.14 Å². The fourth-order valence-corrected chi connectivity index (χ4v) is 3.46. The molecule has 0 saturated carbocycles. The van der Waals surface area contributed by atoms with E-state index in [1.165, 1.54) is 10.9 Å². The molecule has 1 aromatic heterocycles. The number of rotatable bonds is 4. The Hall–Kier alpha value is -1.37. The van der Waals surface area contributed by atoms with E-state index in [4.69, 9.17) is 5.14 Å². The van der Waals surface area contributed by atoms with Gasteiger partial charge >= 0.3 is 0 Å². The van der Waals surface area contributed by atoms with E-state index in [0.717, 1.165) is 5.69 Å². The lowest BCUT2D eigenvalue weighted by Crippen LogP contribution is -2.15. The van der Waals surface area contributed by atoms with Crippen LogP contribution in [0.4, 0.5) is 5.69 Å². The molecule has 0 aliphatic heterocycles. The van der Waals surface area contributed by atoms with E-state index in [2.05, 4.69) is 5.32 Å². The summed E-state index contributed by atoms with van der Waals surface area (Å²) in [6.45, 7) is 3.79. The Kier molecular flexibility index (Phi) is 3.93. The van der Waals surface area contributed by atoms with Gasteiger partial charge in [-0.3, -0.25) is 0 Å². The van der Waals surface area contributed by atoms with Crippen LogP contribution in [0.15, 0.2) is 40.6 Å². The van der Waals surface area contributed by atoms with Crippen LogP contribution < -0.4 is 10.5 Å². The molecular formula is C13H16N2O2S2. The molecule has 102 valence electrons. The Morgan fingerprint density at radius 1 is 1.26 bits per heavy atom. The third kappa shape index (κ3) is 3.15. The second-order valence-corrected chi connectivity index (χ2v) is 6.86. The zero-order chi connectivity index (χ0) is 14.0. The fraction of sp³-hybridized carbons (Fsp3) is 0.231. The summed E-state index contributed by atoms with van der Waals surface area (Å²) in [5.41, 5.74) is 1.43. The monoisotopic (exact) mass is 296 g/mol. The van der Waals surface area contributed by atoms with Crippen molar-refractivity contribution in [2.75, 3.05) is 5.32 Å². The lowest BCUT2D eigenvalue weighted by molar-refractivity contribution is 0.597. The summed E-state index contributed by atoms with van der Waals surface area (Å²) in [4.78, 5) is 1.36. The van der Waals surface area contributed by atoms with E-state index < -0.39 is 10.0 Å². The van der Waals surface area contributed by atoms with Gasteiger partial charge in [0.05, 0.1) is 10.9 Å². The van der Waals surface area contributed by atoms with Gasteiger partial charge in [0, 0.05) is 10.6 Å². The van der Waals surface area contributed by atoms with Crippen LogP contribution in [0.1, 0.15) is 23.4 Å². The normalized spacial score (nSPS) is 13.2. The van der Waals surface area contributed by atoms with Gasteiger partial charge in [-0.15, -0.1) is 11.3 Å². The van der Waals surface area contributed by atoms with E-state index in [1.54, 1.807) is 24.3 Å². The van der Waals surface area contributed by atoms with Crippen LogP contribution in [0.25, 0.3) is 0 Å². The third-order valence-corrected chi connectivity index (χ3v) is 5.04. The maximum absolute atomic E-state index is 11.5. The van der Waals surface area contributed by atoms with Crippen LogP contribution >= 0.6 is 11.3 Å². The van der Waals surface area contributed by atoms with Crippen molar-refractivity contribution >= 4 is 27.0 Å². The minimum Gasteiger partial charge on any atom is -0.377 e. The second kappa shape index (κ2) is 5.32. The van der Waals surface area contributed by atoms with Crippen LogP contribution in [0.3, 0.4) is 0 Å². The van der Waals surface area contributed by atoms with Crippen molar-refractivity contribution in [3.05, 3.63) is 46.2 Å². The molecule has 0 saturated heterocycles. The molecule has 0 spiro atoms. The smallest absolute Gasteiger partial charge is 0.238 e. The van der Waals surface area contributed by atoms with Crippen molar-refractivity contribution in [3.63, 3.8) is 0 Å². The van der Waals surface area contributed by atoms with Gasteiger partial charge in [-0.1, -0.05) is 12.1 Å². The SMILES string of the molecule is Cc1c(NC(C)c2cccs2)cccc1S(N)(=O)=O. The van der Waals surface area contributed by atoms with Gasteiger partial charge in [0.2, 0.25) is 10.0 Å². The van der Waals surface area contributed by atoms with Crippen molar-refractivity contribution in [3.8, 4) is 0 Å². The number of primary sulfonamides is 1. The topological polar surface area (TPSA) is 72.2 Å². The van der Waals surface area contributed by atoms with Gasteiger partial charge < -0.3 is 5.32 Å². The summed E-state index contributed by atoms with van der Waals surface area (Å²) < 4.78 is 22.9. The molecule has 2 aromatic rings. The molecule has 3 N–H and O–H groups in total. The molecule has 0 bridgehead atoms. The van der Waals surface area contributed by atoms with E-state index in [-0.39, 0.29) is 10.9 Å². The van der Waals surface area contributed by atoms with Crippen LogP contribution in [-0.4, -0.2) is 8.42 Å². The number of anilines is 1. The Bertz CT molecular complexity index is 664. The second-order valence-electron chi connectivity index (χ2n) is 4.36. The van der Waals surface area contributed by atoms with Crippen LogP contribution in [0.5, 0.6) is 0 Å². The lowest BCUT2D eigenvalue weighted by Gasteiger charge is -2.17. The van der Waals surface area contributed by atoms with Crippen molar-refractivity contribution in [1.82, 2.24) is 0 Å². The minimum atomic E-state index is -3.68. The highest BCUT2D eigenvalue weighted by atomic mass is 32.2. The van der Waals surface area contributed by atoms with Gasteiger partial charge in [-0.25, -0.2) is 13.6 Å². The molecule has 4 nitrogen and oxygen atoms in total. The van der Waals surface area contributed by atoms with Crippen LogP contribution in [0.2, 0.25) is 0 Å². The maximum atomic E-state index is 11.5. The largest absolute Gasteiger partial charge is 0.377 e. The third-order valence-electron chi connectivity index (χ3n) is 2.93. The first-order valence-corrected chi connectivity index (χ1v) is 8.24. The Balaban J connectivity index is 2.32. The van der Waals surface area contributed by atoms with Gasteiger partial charge in [0.25, 0.3) is 0 Å². The molecule has 0 aliphatic rings. The summed E-state index contributed by atoms with van der Waals surface area (Å²) in [5, 5.41) is 10.5. The van der Waals surface area contributed by atoms with Crippen LogP contribution in [-0.2, 0) is 10.0 Å². The standard InChI is InChI=1S/C13H16N2O2S2/c1-9-11(5-3-7-13(9)19(14,16)17)15-10(2)12-6-4-8-18-12/h3-8,10,15H,1-2H3,(H2,14,16,17). The Labute approximate surface area is 117 Å². The van der Waals surface area contributed by atoms with Gasteiger partial charge in [-0.05, 0) is 43.0 Å². The minimum absolute atomic E-state index is 0.120. The fourth-order valence-electron chi connectivity index (χ4n) is 1.92. The number of benzene rings is 1. The van der Waals surface area contributed by atoms with Gasteiger partial charge in [0.1, 0.15) is 0 Å². The molecule has 0 aliphatic carbocycles. The highest BCUT2D eigenvalue weighted by Gasteiger charge is 2.15. The first-order valence-electron chi connectivity index (χ1n) is 5.82. The molecule has 0 amide bonds. The van der Waals surface area contributed by atoms with Crippen LogP contribution in [0, 0.1) is 6.92 Å². The molecular weight excluding hydrogens is 280 g/mol. The summed E-state index contributed by atoms with van der Waals surface area (Å²) in [6.07, 6.45) is 0. The highest BCUT2D eigenvalue weighted by molar-refractivity contribution is 7.89. The first kappa shape index (κ1) is 14.0. The number of hydrogen-bond donors (Lipinski definition) is 2. The molecule has 1 heterocycles. The van der Waals surface area contributed by atoms with E-state index in [0.29, 0.717) is 5.56 Å². The predicted octanol–water partition coefficient (Wildman–Crippen LogP) is 2.88. The number of nitrogens with one attached hydrogen (secondary N) is 1. The molecule has 19 heavy (non-hydrogen) atoms. The summed E-state index contributed by atoms with van der Waals surface area (Å²) in [5.74, 6) is 0. The zero-order valence-corrected chi connectivity index (χ0v) is 12.4. The summed E-state index contributed by atoms with van der Waals surface area (Å²) >= 11 is 1.66. The van der Waals surface area contributed by atoms with Crippen molar-refractivity contribution < 1.29 is 8.42 Å². The molecule has 2 rings (SSSR count). The average Bonchev–Trinajstić information content (AvgIpc) is 2.83. The molecule has 1 aromatic carbocycles. The number of sulfonamides is 1. The lowest BCUT2D eigenvalue weighted by atomic mass is 10.1. The molecule has 0 radical (unpaired) electrons. The van der Waals surface area contributed by atoms with E-state index in [1.807, 2.05) is 30.5 Å². The maximum Gasteiger partial charge on any atom is 0.238 e. The Morgan fingerprint density at radius 2 is 2.00 bits per heavy atom. The number of nitrogens with two attached hydrogens (primary N) is 1. The molecule has 1 unspecified atom stereocenters. The molecule has 6 heteroatoms. The number of thiophene rings is 1. The highest BCUT2D eigenvalue weighted by Crippen LogP contribution is 2.27. The first-order chi connectivity index (χ1) is 8.89. The molecule has 0 fully saturated rings. The van der Waals surface area contributed by atoms with Gasteiger partial charge in [-0.2, -0.15) is 0 Å². The summed E-state index contributed by atoms with van der Waals surface area (Å²) in [7, 11) is -3.68. The predicted molar refractivity (Wildman–Crippen MR) is 78.9 cm³/mol. The van der Waals surface area contributed by atoms with E-state index >= 15 is 0 Å². The van der Waals surface area contributed by atoms with Gasteiger partial charge in [0.15, 0.2) is 0 Å². The summed E-state index contributed by atoms with van der Waals surface area (Å²) in [6, 6.07) is 9.22. The zero-order valence-electron chi connectivity index (χ0n) is 10.8. The molecule has 1 atom stereocenters. The Morgan fingerprint density at radius 3 is 2.58 bits per heavy atom. The average molecular weight is 296 g/mol. The van der Waals surface area contributed by atoms with Crippen molar-refractivity contribution in [1.29, 1.82) is 0 Å².